The molecule has 0 atom stereocenters. The lowest BCUT2D eigenvalue weighted by Crippen LogP contribution is -2.13. The van der Waals surface area contributed by atoms with Crippen molar-refractivity contribution in [3.05, 3.63) is 46.1 Å². The van der Waals surface area contributed by atoms with Gasteiger partial charge in [-0.3, -0.25) is 0 Å². The summed E-state index contributed by atoms with van der Waals surface area (Å²) in [5.41, 5.74) is 2.12. The van der Waals surface area contributed by atoms with Crippen LogP contribution in [0.3, 0.4) is 0 Å². The highest BCUT2D eigenvalue weighted by atomic mass is 19.1. The zero-order chi connectivity index (χ0) is 11.8. The molecule has 0 bridgehead atoms. The molecule has 3 rings (SSSR count). The van der Waals surface area contributed by atoms with Crippen molar-refractivity contribution in [1.82, 2.24) is 9.97 Å². The van der Waals surface area contributed by atoms with E-state index in [9.17, 15) is 9.18 Å². The lowest BCUT2D eigenvalue weighted by molar-refractivity contribution is 0.628. The lowest BCUT2D eigenvalue weighted by atomic mass is 10.1. The van der Waals surface area contributed by atoms with Crippen LogP contribution in [-0.2, 0) is 6.42 Å². The van der Waals surface area contributed by atoms with E-state index in [-0.39, 0.29) is 5.82 Å². The Morgan fingerprint density at radius 3 is 2.76 bits per heavy atom. The summed E-state index contributed by atoms with van der Waals surface area (Å²) in [5, 5.41) is 3.06. The number of aromatic amines is 1. The summed E-state index contributed by atoms with van der Waals surface area (Å²) in [6.07, 6.45) is 0.811. The Bertz CT molecular complexity index is 619. The smallest absolute Gasteiger partial charge is 0.347 e. The van der Waals surface area contributed by atoms with Gasteiger partial charge in [0.1, 0.15) is 11.6 Å². The van der Waals surface area contributed by atoms with Gasteiger partial charge in [-0.25, -0.2) is 9.18 Å². The fourth-order valence-electron chi connectivity index (χ4n) is 2.06. The molecule has 0 saturated carbocycles. The van der Waals surface area contributed by atoms with E-state index in [1.54, 1.807) is 12.1 Å². The van der Waals surface area contributed by atoms with Crippen molar-refractivity contribution in [3.8, 4) is 11.3 Å². The Morgan fingerprint density at radius 2 is 2.00 bits per heavy atom. The van der Waals surface area contributed by atoms with Gasteiger partial charge in [0.15, 0.2) is 0 Å². The Kier molecular flexibility index (Phi) is 2.18. The largest absolute Gasteiger partial charge is 0.369 e. The van der Waals surface area contributed by atoms with Crippen LogP contribution in [0.2, 0.25) is 0 Å². The molecule has 2 N–H and O–H groups in total. The Labute approximate surface area is 96.5 Å². The zero-order valence-electron chi connectivity index (χ0n) is 8.96. The van der Waals surface area contributed by atoms with Crippen LogP contribution in [0.15, 0.2) is 29.1 Å². The maximum atomic E-state index is 12.9. The van der Waals surface area contributed by atoms with Crippen molar-refractivity contribution in [2.24, 2.45) is 0 Å². The molecule has 2 heterocycles. The molecule has 0 spiro atoms. The summed E-state index contributed by atoms with van der Waals surface area (Å²) >= 11 is 0. The molecule has 4 nitrogen and oxygen atoms in total. The number of fused-ring (bicyclic) bond motifs is 1. The second-order valence-corrected chi connectivity index (χ2v) is 3.93. The topological polar surface area (TPSA) is 57.8 Å². The minimum Gasteiger partial charge on any atom is -0.369 e. The molecule has 0 unspecified atom stereocenters. The highest BCUT2D eigenvalue weighted by Gasteiger charge is 2.18. The lowest BCUT2D eigenvalue weighted by Gasteiger charge is -2.06. The summed E-state index contributed by atoms with van der Waals surface area (Å²) in [6, 6.07) is 6.06. The van der Waals surface area contributed by atoms with E-state index in [0.717, 1.165) is 29.8 Å². The second-order valence-electron chi connectivity index (χ2n) is 3.93. The number of rotatable bonds is 1. The van der Waals surface area contributed by atoms with Gasteiger partial charge in [-0.15, -0.1) is 0 Å². The number of hydrogen-bond donors (Lipinski definition) is 2. The highest BCUT2D eigenvalue weighted by molar-refractivity contribution is 5.69. The van der Waals surface area contributed by atoms with Crippen molar-refractivity contribution in [2.45, 2.75) is 6.42 Å². The van der Waals surface area contributed by atoms with Gasteiger partial charge in [0.05, 0.1) is 5.69 Å². The molecule has 0 saturated heterocycles. The molecule has 1 aromatic heterocycles. The van der Waals surface area contributed by atoms with Crippen LogP contribution in [0, 0.1) is 5.82 Å². The average Bonchev–Trinajstić information content (AvgIpc) is 2.77. The molecule has 86 valence electrons. The first-order valence-electron chi connectivity index (χ1n) is 5.37. The molecule has 0 amide bonds. The van der Waals surface area contributed by atoms with E-state index < -0.39 is 5.69 Å². The monoisotopic (exact) mass is 231 g/mol. The van der Waals surface area contributed by atoms with Crippen molar-refractivity contribution < 1.29 is 4.39 Å². The van der Waals surface area contributed by atoms with Crippen molar-refractivity contribution >= 4 is 5.82 Å². The van der Waals surface area contributed by atoms with Gasteiger partial charge in [-0.1, -0.05) is 0 Å². The molecular formula is C12H10FN3O. The summed E-state index contributed by atoms with van der Waals surface area (Å²) in [5.74, 6) is 0.341. The van der Waals surface area contributed by atoms with E-state index in [4.69, 9.17) is 0 Å². The van der Waals surface area contributed by atoms with Gasteiger partial charge in [0.2, 0.25) is 0 Å². The molecule has 0 radical (unpaired) electrons. The molecule has 1 aliphatic heterocycles. The molecule has 17 heavy (non-hydrogen) atoms. The molecular weight excluding hydrogens is 221 g/mol. The van der Waals surface area contributed by atoms with Crippen LogP contribution >= 0.6 is 0 Å². The fraction of sp³-hybridized carbons (Fsp3) is 0.167. The number of benzene rings is 1. The van der Waals surface area contributed by atoms with E-state index >= 15 is 0 Å². The van der Waals surface area contributed by atoms with Crippen LogP contribution in [0.25, 0.3) is 11.3 Å². The van der Waals surface area contributed by atoms with Gasteiger partial charge in [0.25, 0.3) is 0 Å². The van der Waals surface area contributed by atoms with E-state index in [0.29, 0.717) is 5.82 Å². The average molecular weight is 231 g/mol. The highest BCUT2D eigenvalue weighted by Crippen LogP contribution is 2.28. The van der Waals surface area contributed by atoms with Crippen LogP contribution in [-0.4, -0.2) is 16.5 Å². The van der Waals surface area contributed by atoms with Crippen molar-refractivity contribution in [3.63, 3.8) is 0 Å². The van der Waals surface area contributed by atoms with Crippen molar-refractivity contribution in [2.75, 3.05) is 11.9 Å². The molecule has 1 aromatic carbocycles. The normalized spacial score (nSPS) is 13.2. The third-order valence-electron chi connectivity index (χ3n) is 2.83. The van der Waals surface area contributed by atoms with E-state index in [1.807, 2.05) is 0 Å². The first-order chi connectivity index (χ1) is 8.24. The number of aromatic nitrogens is 2. The van der Waals surface area contributed by atoms with Gasteiger partial charge >= 0.3 is 5.69 Å². The Morgan fingerprint density at radius 1 is 1.24 bits per heavy atom. The summed E-state index contributed by atoms with van der Waals surface area (Å²) in [6.45, 7) is 0.772. The minimum atomic E-state index is -0.391. The number of halogens is 1. The van der Waals surface area contributed by atoms with E-state index in [2.05, 4.69) is 15.3 Å². The second kappa shape index (κ2) is 3.69. The van der Waals surface area contributed by atoms with E-state index in [1.165, 1.54) is 12.1 Å². The Hall–Kier alpha value is -2.17. The van der Waals surface area contributed by atoms with Crippen molar-refractivity contribution in [1.29, 1.82) is 0 Å². The summed E-state index contributed by atoms with van der Waals surface area (Å²) < 4.78 is 12.9. The summed E-state index contributed by atoms with van der Waals surface area (Å²) in [7, 11) is 0. The third-order valence-corrected chi connectivity index (χ3v) is 2.83. The van der Waals surface area contributed by atoms with Gasteiger partial charge < -0.3 is 10.3 Å². The SMILES string of the molecule is O=c1nc2c(c(-c3ccc(F)cc3)[nH]1)CCN2. The number of anilines is 1. The van der Waals surface area contributed by atoms with Crippen LogP contribution < -0.4 is 11.0 Å². The predicted molar refractivity (Wildman–Crippen MR) is 62.4 cm³/mol. The molecule has 0 aliphatic carbocycles. The first-order valence-corrected chi connectivity index (χ1v) is 5.37. The standard InChI is InChI=1S/C12H10FN3O/c13-8-3-1-7(2-4-8)10-9-5-6-14-11(9)16-12(17)15-10/h1-4H,5-6H2,(H2,14,15,16,17). The fourth-order valence-corrected chi connectivity index (χ4v) is 2.06. The number of nitrogens with zero attached hydrogens (tertiary/aromatic N) is 1. The number of hydrogen-bond acceptors (Lipinski definition) is 3. The maximum absolute atomic E-state index is 12.9. The zero-order valence-corrected chi connectivity index (χ0v) is 8.96. The maximum Gasteiger partial charge on any atom is 0.347 e. The summed E-state index contributed by atoms with van der Waals surface area (Å²) in [4.78, 5) is 18.0. The third kappa shape index (κ3) is 1.69. The molecule has 2 aromatic rings. The molecule has 0 fully saturated rings. The quantitative estimate of drug-likeness (QED) is 0.782. The number of nitrogens with one attached hydrogen (secondary N) is 2. The molecule has 1 aliphatic rings. The Balaban J connectivity index is 2.21. The van der Waals surface area contributed by atoms with Crippen LogP contribution in [0.1, 0.15) is 5.56 Å². The van der Waals surface area contributed by atoms with Gasteiger partial charge in [-0.05, 0) is 36.2 Å². The number of H-pyrrole nitrogens is 1. The molecule has 5 heteroatoms. The minimum absolute atomic E-state index is 0.292. The van der Waals surface area contributed by atoms with Crippen LogP contribution in [0.4, 0.5) is 10.2 Å². The van der Waals surface area contributed by atoms with Crippen LogP contribution in [0.5, 0.6) is 0 Å². The van der Waals surface area contributed by atoms with Gasteiger partial charge in [-0.2, -0.15) is 4.98 Å². The predicted octanol–water partition coefficient (Wildman–Crippen LogP) is 1.54. The first kappa shape index (κ1) is 10.0. The van der Waals surface area contributed by atoms with Gasteiger partial charge in [0, 0.05) is 12.1 Å².